The number of piperidine rings is 1. The van der Waals surface area contributed by atoms with Gasteiger partial charge in [0.25, 0.3) is 0 Å². The summed E-state index contributed by atoms with van der Waals surface area (Å²) in [6.07, 6.45) is 2.78. The number of hydrogen-bond donors (Lipinski definition) is 1. The summed E-state index contributed by atoms with van der Waals surface area (Å²) >= 11 is 1.75. The van der Waals surface area contributed by atoms with Crippen LogP contribution < -0.4 is 5.32 Å². The van der Waals surface area contributed by atoms with Crippen LogP contribution in [0.1, 0.15) is 28.4 Å². The van der Waals surface area contributed by atoms with Gasteiger partial charge in [0.15, 0.2) is 0 Å². The van der Waals surface area contributed by atoms with Crippen molar-refractivity contribution < 1.29 is 4.74 Å². The number of rotatable bonds is 3. The molecule has 3 nitrogen and oxygen atoms in total. The molecule has 0 aromatic carbocycles. The van der Waals surface area contributed by atoms with E-state index in [0.717, 1.165) is 23.8 Å². The van der Waals surface area contributed by atoms with Gasteiger partial charge < -0.3 is 10.1 Å². The van der Waals surface area contributed by atoms with Crippen molar-refractivity contribution in [2.24, 2.45) is 0 Å². The van der Waals surface area contributed by atoms with Crippen LogP contribution in [0.25, 0.3) is 0 Å². The molecule has 1 saturated heterocycles. The second kappa shape index (κ2) is 5.05. The third-order valence-electron chi connectivity index (χ3n) is 2.77. The van der Waals surface area contributed by atoms with Gasteiger partial charge in [-0.3, -0.25) is 0 Å². The van der Waals surface area contributed by atoms with Crippen molar-refractivity contribution in [3.8, 4) is 0 Å². The standard InChI is InChI=1S/C11H18N2OS/c1-8-9(2)15-11(13-8)7-14-10-4-3-5-12-6-10/h10,12H,3-7H2,1-2H3/t10-/m0/s1. The van der Waals surface area contributed by atoms with Crippen LogP contribution in [0.15, 0.2) is 0 Å². The van der Waals surface area contributed by atoms with E-state index in [0.29, 0.717) is 12.7 Å². The minimum absolute atomic E-state index is 0.378. The predicted octanol–water partition coefficient (Wildman–Crippen LogP) is 2.03. The molecule has 1 fully saturated rings. The number of hydrogen-bond acceptors (Lipinski definition) is 4. The average Bonchev–Trinajstić information content (AvgIpc) is 2.57. The highest BCUT2D eigenvalue weighted by atomic mass is 32.1. The summed E-state index contributed by atoms with van der Waals surface area (Å²) in [6.45, 7) is 6.96. The fraction of sp³-hybridized carbons (Fsp3) is 0.727. The first-order valence-corrected chi connectivity index (χ1v) is 6.32. The third-order valence-corrected chi connectivity index (χ3v) is 3.81. The lowest BCUT2D eigenvalue weighted by Gasteiger charge is -2.22. The summed E-state index contributed by atoms with van der Waals surface area (Å²) in [7, 11) is 0. The van der Waals surface area contributed by atoms with Crippen LogP contribution in [-0.2, 0) is 11.3 Å². The van der Waals surface area contributed by atoms with Gasteiger partial charge in [-0.1, -0.05) is 0 Å². The molecule has 0 saturated carbocycles. The van der Waals surface area contributed by atoms with Gasteiger partial charge in [0, 0.05) is 11.4 Å². The van der Waals surface area contributed by atoms with Crippen molar-refractivity contribution >= 4 is 11.3 Å². The summed E-state index contributed by atoms with van der Waals surface area (Å²) in [5.74, 6) is 0. The quantitative estimate of drug-likeness (QED) is 0.856. The van der Waals surface area contributed by atoms with Crippen LogP contribution in [0.5, 0.6) is 0 Å². The van der Waals surface area contributed by atoms with Crippen LogP contribution in [-0.4, -0.2) is 24.2 Å². The predicted molar refractivity (Wildman–Crippen MR) is 62.3 cm³/mol. The zero-order chi connectivity index (χ0) is 10.7. The zero-order valence-corrected chi connectivity index (χ0v) is 10.2. The number of ether oxygens (including phenoxy) is 1. The number of nitrogens with zero attached hydrogens (tertiary/aromatic N) is 1. The summed E-state index contributed by atoms with van der Waals surface area (Å²) in [5.41, 5.74) is 1.14. The summed E-state index contributed by atoms with van der Waals surface area (Å²) in [4.78, 5) is 5.77. The molecule has 84 valence electrons. The van der Waals surface area contributed by atoms with Crippen molar-refractivity contribution in [1.29, 1.82) is 0 Å². The second-order valence-electron chi connectivity index (χ2n) is 4.03. The summed E-state index contributed by atoms with van der Waals surface area (Å²) in [6, 6.07) is 0. The Morgan fingerprint density at radius 1 is 1.53 bits per heavy atom. The molecule has 0 amide bonds. The molecule has 2 heterocycles. The largest absolute Gasteiger partial charge is 0.370 e. The molecule has 1 aromatic rings. The fourth-order valence-corrected chi connectivity index (χ4v) is 2.61. The number of aromatic nitrogens is 1. The van der Waals surface area contributed by atoms with E-state index in [1.54, 1.807) is 11.3 Å². The minimum atomic E-state index is 0.378. The van der Waals surface area contributed by atoms with Gasteiger partial charge in [-0.15, -0.1) is 11.3 Å². The van der Waals surface area contributed by atoms with E-state index in [1.165, 1.54) is 17.7 Å². The first-order valence-electron chi connectivity index (χ1n) is 5.51. The Balaban J connectivity index is 1.81. The van der Waals surface area contributed by atoms with E-state index in [-0.39, 0.29) is 0 Å². The highest BCUT2D eigenvalue weighted by Crippen LogP contribution is 2.18. The van der Waals surface area contributed by atoms with Crippen molar-refractivity contribution in [2.45, 2.75) is 39.4 Å². The Kier molecular flexibility index (Phi) is 3.72. The van der Waals surface area contributed by atoms with E-state index in [4.69, 9.17) is 4.74 Å². The van der Waals surface area contributed by atoms with E-state index in [1.807, 2.05) is 0 Å². The molecule has 0 bridgehead atoms. The molecule has 15 heavy (non-hydrogen) atoms. The Morgan fingerprint density at radius 3 is 3.00 bits per heavy atom. The molecule has 1 atom stereocenters. The molecule has 2 rings (SSSR count). The lowest BCUT2D eigenvalue weighted by Crippen LogP contribution is -2.35. The van der Waals surface area contributed by atoms with Gasteiger partial charge >= 0.3 is 0 Å². The van der Waals surface area contributed by atoms with E-state index < -0.39 is 0 Å². The SMILES string of the molecule is Cc1nc(CO[C@H]2CCCNC2)sc1C. The topological polar surface area (TPSA) is 34.1 Å². The van der Waals surface area contributed by atoms with Gasteiger partial charge in [0.2, 0.25) is 0 Å². The first-order chi connectivity index (χ1) is 7.25. The number of thiazole rings is 1. The van der Waals surface area contributed by atoms with Crippen molar-refractivity contribution in [2.75, 3.05) is 13.1 Å². The van der Waals surface area contributed by atoms with Gasteiger partial charge in [0.1, 0.15) is 5.01 Å². The van der Waals surface area contributed by atoms with Crippen molar-refractivity contribution in [3.63, 3.8) is 0 Å². The molecule has 4 heteroatoms. The van der Waals surface area contributed by atoms with Gasteiger partial charge in [-0.2, -0.15) is 0 Å². The molecule has 0 unspecified atom stereocenters. The Bertz CT molecular complexity index is 299. The van der Waals surface area contributed by atoms with Crippen LogP contribution >= 0.6 is 11.3 Å². The van der Waals surface area contributed by atoms with Gasteiger partial charge in [0.05, 0.1) is 18.4 Å². The van der Waals surface area contributed by atoms with E-state index in [9.17, 15) is 0 Å². The Hall–Kier alpha value is -0.450. The first kappa shape index (κ1) is 11.0. The Morgan fingerprint density at radius 2 is 2.40 bits per heavy atom. The van der Waals surface area contributed by atoms with Crippen LogP contribution in [0.2, 0.25) is 0 Å². The molecule has 0 radical (unpaired) electrons. The molecular formula is C11H18N2OS. The van der Waals surface area contributed by atoms with E-state index >= 15 is 0 Å². The third kappa shape index (κ3) is 3.00. The van der Waals surface area contributed by atoms with E-state index in [2.05, 4.69) is 24.1 Å². The molecule has 1 aliphatic rings. The normalized spacial score (nSPS) is 21.9. The zero-order valence-electron chi connectivity index (χ0n) is 9.38. The van der Waals surface area contributed by atoms with Crippen molar-refractivity contribution in [1.82, 2.24) is 10.3 Å². The van der Waals surface area contributed by atoms with Crippen LogP contribution in [0.3, 0.4) is 0 Å². The number of aryl methyl sites for hydroxylation is 2. The molecule has 1 N–H and O–H groups in total. The highest BCUT2D eigenvalue weighted by molar-refractivity contribution is 7.11. The molecular weight excluding hydrogens is 208 g/mol. The van der Waals surface area contributed by atoms with Gasteiger partial charge in [-0.25, -0.2) is 4.98 Å². The average molecular weight is 226 g/mol. The van der Waals surface area contributed by atoms with Gasteiger partial charge in [-0.05, 0) is 33.2 Å². The highest BCUT2D eigenvalue weighted by Gasteiger charge is 2.14. The molecule has 0 spiro atoms. The maximum Gasteiger partial charge on any atom is 0.119 e. The summed E-state index contributed by atoms with van der Waals surface area (Å²) in [5, 5.41) is 4.45. The molecule has 1 aliphatic heterocycles. The maximum absolute atomic E-state index is 5.82. The monoisotopic (exact) mass is 226 g/mol. The van der Waals surface area contributed by atoms with Crippen molar-refractivity contribution in [3.05, 3.63) is 15.6 Å². The second-order valence-corrected chi connectivity index (χ2v) is 5.32. The van der Waals surface area contributed by atoms with Crippen LogP contribution in [0.4, 0.5) is 0 Å². The summed E-state index contributed by atoms with van der Waals surface area (Å²) < 4.78 is 5.82. The minimum Gasteiger partial charge on any atom is -0.370 e. The Labute approximate surface area is 94.9 Å². The lowest BCUT2D eigenvalue weighted by atomic mass is 10.1. The van der Waals surface area contributed by atoms with Crippen LogP contribution in [0, 0.1) is 13.8 Å². The molecule has 0 aliphatic carbocycles. The lowest BCUT2D eigenvalue weighted by molar-refractivity contribution is 0.0252. The maximum atomic E-state index is 5.82. The smallest absolute Gasteiger partial charge is 0.119 e. The molecule has 1 aromatic heterocycles. The number of nitrogens with one attached hydrogen (secondary N) is 1. The fourth-order valence-electron chi connectivity index (χ4n) is 1.75.